The van der Waals surface area contributed by atoms with Crippen LogP contribution >= 0.6 is 11.6 Å². The molecule has 0 fully saturated rings. The summed E-state index contributed by atoms with van der Waals surface area (Å²) in [6.45, 7) is 0. The fraction of sp³-hybridized carbons (Fsp3) is 0.125. The molecule has 0 aliphatic heterocycles. The SMILES string of the molecule is O=C(N[C@@H](Cc1cccc(Cl)c1)C(=O)O)c1c(F)cc(F)cc1F. The first-order valence-electron chi connectivity index (χ1n) is 6.70. The third-order valence-corrected chi connectivity index (χ3v) is 3.40. The Morgan fingerprint density at radius 1 is 1.12 bits per heavy atom. The lowest BCUT2D eigenvalue weighted by Gasteiger charge is -2.15. The first-order valence-corrected chi connectivity index (χ1v) is 7.08. The second-order valence-corrected chi connectivity index (χ2v) is 5.38. The molecule has 2 rings (SSSR count). The molecule has 0 spiro atoms. The van der Waals surface area contributed by atoms with Gasteiger partial charge in [0.05, 0.1) is 0 Å². The highest BCUT2D eigenvalue weighted by molar-refractivity contribution is 6.30. The Bertz CT molecular complexity index is 775. The molecule has 0 aliphatic carbocycles. The van der Waals surface area contributed by atoms with Gasteiger partial charge in [-0.05, 0) is 17.7 Å². The van der Waals surface area contributed by atoms with Gasteiger partial charge in [0.2, 0.25) is 0 Å². The van der Waals surface area contributed by atoms with Gasteiger partial charge < -0.3 is 10.4 Å². The van der Waals surface area contributed by atoms with E-state index in [0.717, 1.165) is 0 Å². The quantitative estimate of drug-likeness (QED) is 0.863. The van der Waals surface area contributed by atoms with Crippen molar-refractivity contribution >= 4 is 23.5 Å². The van der Waals surface area contributed by atoms with Crippen LogP contribution in [0.5, 0.6) is 0 Å². The molecular formula is C16H11ClF3NO3. The summed E-state index contributed by atoms with van der Waals surface area (Å²) in [4.78, 5) is 23.3. The normalized spacial score (nSPS) is 11.8. The Morgan fingerprint density at radius 2 is 1.75 bits per heavy atom. The number of nitrogens with one attached hydrogen (secondary N) is 1. The van der Waals surface area contributed by atoms with Crippen LogP contribution in [0.4, 0.5) is 13.2 Å². The Kier molecular flexibility index (Phi) is 5.46. The first-order chi connectivity index (χ1) is 11.3. The van der Waals surface area contributed by atoms with Gasteiger partial charge >= 0.3 is 5.97 Å². The zero-order valence-corrected chi connectivity index (χ0v) is 12.8. The van der Waals surface area contributed by atoms with E-state index in [0.29, 0.717) is 22.7 Å². The highest BCUT2D eigenvalue weighted by atomic mass is 35.5. The van der Waals surface area contributed by atoms with E-state index >= 15 is 0 Å². The maximum atomic E-state index is 13.6. The molecule has 0 aromatic heterocycles. The van der Waals surface area contributed by atoms with Crippen LogP contribution in [0.25, 0.3) is 0 Å². The van der Waals surface area contributed by atoms with Crippen molar-refractivity contribution in [3.05, 3.63) is 70.0 Å². The molecule has 2 aromatic carbocycles. The summed E-state index contributed by atoms with van der Waals surface area (Å²) >= 11 is 5.80. The topological polar surface area (TPSA) is 66.4 Å². The Labute approximate surface area is 139 Å². The van der Waals surface area contributed by atoms with Gasteiger partial charge in [-0.15, -0.1) is 0 Å². The average Bonchev–Trinajstić information content (AvgIpc) is 2.45. The number of aliphatic carboxylic acids is 1. The number of carbonyl (C=O) groups excluding carboxylic acids is 1. The van der Waals surface area contributed by atoms with Gasteiger partial charge in [-0.3, -0.25) is 4.79 Å². The zero-order valence-electron chi connectivity index (χ0n) is 12.0. The van der Waals surface area contributed by atoms with E-state index in [1.165, 1.54) is 6.07 Å². The maximum Gasteiger partial charge on any atom is 0.326 e. The van der Waals surface area contributed by atoms with Crippen molar-refractivity contribution in [3.63, 3.8) is 0 Å². The third-order valence-electron chi connectivity index (χ3n) is 3.17. The van der Waals surface area contributed by atoms with Crippen LogP contribution in [-0.2, 0) is 11.2 Å². The standard InChI is InChI=1S/C16H11ClF3NO3/c17-9-3-1-2-8(4-9)5-13(16(23)24)21-15(22)14-11(19)6-10(18)7-12(14)20/h1-4,6-7,13H,5H2,(H,21,22)(H,23,24)/t13-/m0/s1. The number of halogens is 4. The molecular weight excluding hydrogens is 347 g/mol. The number of hydrogen-bond acceptors (Lipinski definition) is 2. The van der Waals surface area contributed by atoms with E-state index < -0.39 is 40.9 Å². The van der Waals surface area contributed by atoms with E-state index in [4.69, 9.17) is 11.6 Å². The molecule has 4 nitrogen and oxygen atoms in total. The predicted molar refractivity (Wildman–Crippen MR) is 80.4 cm³/mol. The zero-order chi connectivity index (χ0) is 17.9. The van der Waals surface area contributed by atoms with Crippen LogP contribution in [0.2, 0.25) is 5.02 Å². The maximum absolute atomic E-state index is 13.6. The van der Waals surface area contributed by atoms with Crippen LogP contribution in [0.1, 0.15) is 15.9 Å². The van der Waals surface area contributed by atoms with Crippen LogP contribution in [0.15, 0.2) is 36.4 Å². The molecule has 0 heterocycles. The fourth-order valence-electron chi connectivity index (χ4n) is 2.09. The molecule has 8 heteroatoms. The molecule has 0 aliphatic rings. The lowest BCUT2D eigenvalue weighted by atomic mass is 10.1. The second kappa shape index (κ2) is 7.35. The third kappa shape index (κ3) is 4.26. The minimum atomic E-state index is -1.44. The number of carboxylic acid groups (broad SMARTS) is 1. The molecule has 0 saturated carbocycles. The van der Waals surface area contributed by atoms with Crippen molar-refractivity contribution < 1.29 is 27.9 Å². The summed E-state index contributed by atoms with van der Waals surface area (Å²) in [5.41, 5.74) is -0.538. The Hall–Kier alpha value is -2.54. The lowest BCUT2D eigenvalue weighted by Crippen LogP contribution is -2.43. The summed E-state index contributed by atoms with van der Waals surface area (Å²) in [5.74, 6) is -6.71. The van der Waals surface area contributed by atoms with Crippen molar-refractivity contribution in [2.45, 2.75) is 12.5 Å². The number of carbonyl (C=O) groups is 2. The Morgan fingerprint density at radius 3 is 2.29 bits per heavy atom. The van der Waals surface area contributed by atoms with E-state index in [1.807, 2.05) is 5.32 Å². The van der Waals surface area contributed by atoms with Crippen molar-refractivity contribution in [1.82, 2.24) is 5.32 Å². The van der Waals surface area contributed by atoms with Crippen LogP contribution in [0.3, 0.4) is 0 Å². The minimum absolute atomic E-state index is 0.147. The summed E-state index contributed by atoms with van der Waals surface area (Å²) in [5, 5.41) is 11.6. The number of rotatable bonds is 5. The molecule has 2 N–H and O–H groups in total. The number of amides is 1. The largest absolute Gasteiger partial charge is 0.480 e. The van der Waals surface area contributed by atoms with E-state index in [2.05, 4.69) is 0 Å². The monoisotopic (exact) mass is 357 g/mol. The van der Waals surface area contributed by atoms with Gasteiger partial charge in [0.25, 0.3) is 5.91 Å². The van der Waals surface area contributed by atoms with E-state index in [1.54, 1.807) is 18.2 Å². The van der Waals surface area contributed by atoms with E-state index in [-0.39, 0.29) is 6.42 Å². The van der Waals surface area contributed by atoms with Crippen molar-refractivity contribution in [1.29, 1.82) is 0 Å². The molecule has 1 amide bonds. The molecule has 2 aromatic rings. The molecule has 0 radical (unpaired) electrons. The highest BCUT2D eigenvalue weighted by Gasteiger charge is 2.25. The fourth-order valence-corrected chi connectivity index (χ4v) is 2.30. The summed E-state index contributed by atoms with van der Waals surface area (Å²) < 4.78 is 40.0. The van der Waals surface area contributed by atoms with Gasteiger partial charge in [-0.25, -0.2) is 18.0 Å². The second-order valence-electron chi connectivity index (χ2n) is 4.94. The van der Waals surface area contributed by atoms with Gasteiger partial charge in [-0.2, -0.15) is 0 Å². The molecule has 0 unspecified atom stereocenters. The predicted octanol–water partition coefficient (Wildman–Crippen LogP) is 3.18. The van der Waals surface area contributed by atoms with Crippen LogP contribution in [0, 0.1) is 17.5 Å². The van der Waals surface area contributed by atoms with Gasteiger partial charge in [0.1, 0.15) is 29.1 Å². The summed E-state index contributed by atoms with van der Waals surface area (Å²) in [7, 11) is 0. The number of hydrogen-bond donors (Lipinski definition) is 2. The van der Waals surface area contributed by atoms with Crippen LogP contribution < -0.4 is 5.32 Å². The molecule has 24 heavy (non-hydrogen) atoms. The van der Waals surface area contributed by atoms with Crippen molar-refractivity contribution in [2.75, 3.05) is 0 Å². The van der Waals surface area contributed by atoms with Crippen LogP contribution in [-0.4, -0.2) is 23.0 Å². The first kappa shape index (κ1) is 17.8. The van der Waals surface area contributed by atoms with Crippen molar-refractivity contribution in [3.8, 4) is 0 Å². The molecule has 0 saturated heterocycles. The van der Waals surface area contributed by atoms with Gasteiger partial charge in [0, 0.05) is 23.6 Å². The smallest absolute Gasteiger partial charge is 0.326 e. The van der Waals surface area contributed by atoms with E-state index in [9.17, 15) is 27.9 Å². The van der Waals surface area contributed by atoms with Gasteiger partial charge in [-0.1, -0.05) is 23.7 Å². The Balaban J connectivity index is 2.22. The summed E-state index contributed by atoms with van der Waals surface area (Å²) in [6.07, 6.45) is -0.147. The lowest BCUT2D eigenvalue weighted by molar-refractivity contribution is -0.139. The summed E-state index contributed by atoms with van der Waals surface area (Å²) in [6, 6.07) is 5.51. The number of carboxylic acids is 1. The van der Waals surface area contributed by atoms with Gasteiger partial charge in [0.15, 0.2) is 0 Å². The molecule has 1 atom stereocenters. The van der Waals surface area contributed by atoms with Crippen molar-refractivity contribution in [2.24, 2.45) is 0 Å². The number of benzene rings is 2. The highest BCUT2D eigenvalue weighted by Crippen LogP contribution is 2.16. The molecule has 0 bridgehead atoms. The molecule has 126 valence electrons. The average molecular weight is 358 g/mol. The minimum Gasteiger partial charge on any atom is -0.480 e.